The molecule has 4 rings (SSSR count). The number of fused-ring (bicyclic) bond motifs is 1. The van der Waals surface area contributed by atoms with Gasteiger partial charge in [0.15, 0.2) is 5.78 Å². The van der Waals surface area contributed by atoms with Gasteiger partial charge in [0.2, 0.25) is 5.91 Å². The molecule has 4 heteroatoms. The van der Waals surface area contributed by atoms with Crippen molar-refractivity contribution >= 4 is 11.7 Å². The second-order valence-electron chi connectivity index (χ2n) is 7.92. The van der Waals surface area contributed by atoms with Gasteiger partial charge in [-0.15, -0.1) is 0 Å². The van der Waals surface area contributed by atoms with Gasteiger partial charge in [0.05, 0.1) is 6.42 Å². The number of hydrogen-bond acceptors (Lipinski definition) is 2. The molecule has 27 heavy (non-hydrogen) atoms. The summed E-state index contributed by atoms with van der Waals surface area (Å²) >= 11 is 0. The molecule has 1 heterocycles. The number of rotatable bonds is 6. The number of Topliss-reactive ketones (excluding diaryl/α,β-unsaturated/α-hetero) is 1. The summed E-state index contributed by atoms with van der Waals surface area (Å²) in [5.41, 5.74) is 5.34. The van der Waals surface area contributed by atoms with Crippen molar-refractivity contribution in [3.8, 4) is 0 Å². The molecule has 0 unspecified atom stereocenters. The Morgan fingerprint density at radius 3 is 2.63 bits per heavy atom. The lowest BCUT2D eigenvalue weighted by molar-refractivity contribution is -0.121. The maximum absolute atomic E-state index is 12.7. The highest BCUT2D eigenvalue weighted by Crippen LogP contribution is 2.31. The molecule has 1 fully saturated rings. The van der Waals surface area contributed by atoms with Crippen LogP contribution in [-0.4, -0.2) is 22.3 Å². The second-order valence-corrected chi connectivity index (χ2v) is 7.92. The van der Waals surface area contributed by atoms with Crippen LogP contribution < -0.4 is 5.32 Å². The highest BCUT2D eigenvalue weighted by Gasteiger charge is 2.29. The monoisotopic (exact) mass is 364 g/mol. The highest BCUT2D eigenvalue weighted by atomic mass is 16.1. The van der Waals surface area contributed by atoms with Gasteiger partial charge in [0, 0.05) is 36.0 Å². The van der Waals surface area contributed by atoms with Crippen LogP contribution >= 0.6 is 0 Å². The molecule has 1 aromatic carbocycles. The van der Waals surface area contributed by atoms with Crippen molar-refractivity contribution in [2.45, 2.75) is 70.9 Å². The third-order valence-electron chi connectivity index (χ3n) is 6.13. The smallest absolute Gasteiger partial charge is 0.224 e. The average Bonchev–Trinajstić information content (AvgIpc) is 2.90. The van der Waals surface area contributed by atoms with E-state index in [0.717, 1.165) is 61.2 Å². The summed E-state index contributed by atoms with van der Waals surface area (Å²) in [5, 5.41) is 3.12. The maximum Gasteiger partial charge on any atom is 0.224 e. The van der Waals surface area contributed by atoms with Crippen LogP contribution in [0.5, 0.6) is 0 Å². The molecule has 2 aliphatic carbocycles. The van der Waals surface area contributed by atoms with Crippen molar-refractivity contribution in [3.63, 3.8) is 0 Å². The van der Waals surface area contributed by atoms with E-state index in [2.05, 4.69) is 41.1 Å². The van der Waals surface area contributed by atoms with E-state index < -0.39 is 0 Å². The Balaban J connectivity index is 1.59. The lowest BCUT2D eigenvalue weighted by Crippen LogP contribution is -2.40. The second kappa shape index (κ2) is 7.71. The van der Waals surface area contributed by atoms with Crippen molar-refractivity contribution in [2.24, 2.45) is 0 Å². The fraction of sp³-hybridized carbons (Fsp3) is 0.478. The molecule has 0 bridgehead atoms. The van der Waals surface area contributed by atoms with Gasteiger partial charge in [-0.3, -0.25) is 9.59 Å². The summed E-state index contributed by atoms with van der Waals surface area (Å²) in [6.07, 6.45) is 7.08. The Hall–Kier alpha value is -2.36. The number of hydrogen-bond donors (Lipinski definition) is 1. The first kappa shape index (κ1) is 18.0. The molecular weight excluding hydrogens is 336 g/mol. The number of nitrogens with one attached hydrogen (secondary N) is 1. The number of carbonyl (C=O) groups is 2. The van der Waals surface area contributed by atoms with E-state index in [9.17, 15) is 9.59 Å². The van der Waals surface area contributed by atoms with E-state index in [0.29, 0.717) is 18.9 Å². The van der Waals surface area contributed by atoms with Gasteiger partial charge in [-0.1, -0.05) is 30.3 Å². The largest absolute Gasteiger partial charge is 0.353 e. The number of carbonyl (C=O) groups excluding carboxylic acids is 2. The fourth-order valence-electron chi connectivity index (χ4n) is 4.38. The molecule has 1 saturated carbocycles. The maximum atomic E-state index is 12.7. The summed E-state index contributed by atoms with van der Waals surface area (Å²) in [4.78, 5) is 25.2. The number of ketones is 1. The minimum Gasteiger partial charge on any atom is -0.353 e. The third kappa shape index (κ3) is 3.71. The Morgan fingerprint density at radius 1 is 1.15 bits per heavy atom. The first-order chi connectivity index (χ1) is 13.1. The van der Waals surface area contributed by atoms with Crippen LogP contribution in [0.25, 0.3) is 0 Å². The molecule has 142 valence electrons. The lowest BCUT2D eigenvalue weighted by atomic mass is 9.91. The summed E-state index contributed by atoms with van der Waals surface area (Å²) in [6.45, 7) is 2.93. The highest BCUT2D eigenvalue weighted by molar-refractivity contribution is 6.01. The van der Waals surface area contributed by atoms with Gasteiger partial charge in [-0.2, -0.15) is 0 Å². The number of nitrogens with zero attached hydrogens (tertiary/aromatic N) is 1. The van der Waals surface area contributed by atoms with Crippen LogP contribution in [0.3, 0.4) is 0 Å². The molecule has 0 spiro atoms. The predicted molar refractivity (Wildman–Crippen MR) is 106 cm³/mol. The zero-order valence-corrected chi connectivity index (χ0v) is 16.1. The molecule has 0 saturated heterocycles. The van der Waals surface area contributed by atoms with Crippen molar-refractivity contribution in [1.82, 2.24) is 9.88 Å². The molecule has 1 amide bonds. The molecule has 1 N–H and O–H groups in total. The zero-order valence-electron chi connectivity index (χ0n) is 16.1. The van der Waals surface area contributed by atoms with Crippen LogP contribution in [0.2, 0.25) is 0 Å². The molecule has 0 aliphatic heterocycles. The van der Waals surface area contributed by atoms with Crippen molar-refractivity contribution < 1.29 is 9.59 Å². The molecule has 2 aromatic rings. The van der Waals surface area contributed by atoms with E-state index in [4.69, 9.17) is 0 Å². The lowest BCUT2D eigenvalue weighted by Gasteiger charge is -2.26. The van der Waals surface area contributed by atoms with Gasteiger partial charge < -0.3 is 9.88 Å². The number of aromatic nitrogens is 1. The standard InChI is InChI=1S/C23H28N2O2/c1-16-19(15-22(27)24-18-9-5-10-18)23-20(11-6-12-21(23)26)25(16)14-13-17-7-3-2-4-8-17/h2-4,7-8,18H,5-6,9-15H2,1H3,(H,24,27). The van der Waals surface area contributed by atoms with Crippen LogP contribution in [0, 0.1) is 6.92 Å². The first-order valence-electron chi connectivity index (χ1n) is 10.2. The van der Waals surface area contributed by atoms with E-state index in [-0.39, 0.29) is 11.7 Å². The molecule has 0 radical (unpaired) electrons. The zero-order chi connectivity index (χ0) is 18.8. The van der Waals surface area contributed by atoms with E-state index in [1.54, 1.807) is 0 Å². The van der Waals surface area contributed by atoms with Gasteiger partial charge in [-0.25, -0.2) is 0 Å². The van der Waals surface area contributed by atoms with Crippen LogP contribution in [0.4, 0.5) is 0 Å². The molecule has 4 nitrogen and oxygen atoms in total. The molecule has 0 atom stereocenters. The van der Waals surface area contributed by atoms with Crippen molar-refractivity contribution in [2.75, 3.05) is 0 Å². The minimum absolute atomic E-state index is 0.0594. The van der Waals surface area contributed by atoms with Gasteiger partial charge in [0.25, 0.3) is 0 Å². The van der Waals surface area contributed by atoms with Crippen molar-refractivity contribution in [1.29, 1.82) is 0 Å². The van der Waals surface area contributed by atoms with E-state index in [1.165, 1.54) is 12.0 Å². The number of benzene rings is 1. The van der Waals surface area contributed by atoms with E-state index in [1.807, 2.05) is 6.07 Å². The van der Waals surface area contributed by atoms with Gasteiger partial charge in [0.1, 0.15) is 0 Å². The SMILES string of the molecule is Cc1c(CC(=O)NC2CCC2)c2c(n1CCc1ccccc1)CCCC2=O. The molecule has 1 aromatic heterocycles. The van der Waals surface area contributed by atoms with Crippen molar-refractivity contribution in [3.05, 3.63) is 58.4 Å². The summed E-state index contributed by atoms with van der Waals surface area (Å²) in [6, 6.07) is 10.8. The quantitative estimate of drug-likeness (QED) is 0.848. The fourth-order valence-corrected chi connectivity index (χ4v) is 4.38. The molecule has 2 aliphatic rings. The normalized spacial score (nSPS) is 16.7. The van der Waals surface area contributed by atoms with Crippen LogP contribution in [0.15, 0.2) is 30.3 Å². The average molecular weight is 364 g/mol. The van der Waals surface area contributed by atoms with Gasteiger partial charge >= 0.3 is 0 Å². The van der Waals surface area contributed by atoms with E-state index >= 15 is 0 Å². The summed E-state index contributed by atoms with van der Waals surface area (Å²) in [5.74, 6) is 0.272. The minimum atomic E-state index is 0.0594. The summed E-state index contributed by atoms with van der Waals surface area (Å²) < 4.78 is 2.30. The van der Waals surface area contributed by atoms with Gasteiger partial charge in [-0.05, 0) is 56.6 Å². The molecular formula is C23H28N2O2. The number of aryl methyl sites for hydroxylation is 1. The predicted octanol–water partition coefficient (Wildman–Crippen LogP) is 3.77. The topological polar surface area (TPSA) is 51.1 Å². The Bertz CT molecular complexity index is 847. The number of amides is 1. The first-order valence-corrected chi connectivity index (χ1v) is 10.2. The van der Waals surface area contributed by atoms with Crippen LogP contribution in [0.1, 0.15) is 65.0 Å². The van der Waals surface area contributed by atoms with Crippen LogP contribution in [-0.2, 0) is 30.6 Å². The Morgan fingerprint density at radius 2 is 1.93 bits per heavy atom. The Kier molecular flexibility index (Phi) is 5.15. The third-order valence-corrected chi connectivity index (χ3v) is 6.13. The Labute approximate surface area is 161 Å². The summed E-state index contributed by atoms with van der Waals surface area (Å²) in [7, 11) is 0.